The molecule has 1 amide bonds. The summed E-state index contributed by atoms with van der Waals surface area (Å²) in [5.41, 5.74) is 3.00. The average Bonchev–Trinajstić information content (AvgIpc) is 3.30. The Hall–Kier alpha value is -4.53. The number of allylic oxidation sites excluding steroid dienone is 1. The molecule has 0 aliphatic heterocycles. The van der Waals surface area contributed by atoms with Crippen molar-refractivity contribution in [3.8, 4) is 0 Å². The summed E-state index contributed by atoms with van der Waals surface area (Å²) in [5, 5.41) is 12.9. The first-order chi connectivity index (χ1) is 16.0. The molecule has 0 saturated carbocycles. The number of hydrogen-bond donors (Lipinski definition) is 3. The molecule has 0 aliphatic rings. The van der Waals surface area contributed by atoms with Crippen molar-refractivity contribution in [2.45, 2.75) is 13.5 Å². The van der Waals surface area contributed by atoms with Crippen LogP contribution in [0.25, 0.3) is 0 Å². The molecule has 0 spiro atoms. The van der Waals surface area contributed by atoms with E-state index < -0.39 is 5.82 Å². The lowest BCUT2D eigenvalue weighted by molar-refractivity contribution is -0.111. The molecule has 3 N–H and O–H groups in total. The summed E-state index contributed by atoms with van der Waals surface area (Å²) in [6, 6.07) is 16.4. The maximum absolute atomic E-state index is 14.2. The third-order valence-electron chi connectivity index (χ3n) is 4.53. The minimum absolute atomic E-state index is 0.0601. The van der Waals surface area contributed by atoms with Crippen LogP contribution in [0.4, 0.5) is 33.2 Å². The van der Waals surface area contributed by atoms with Gasteiger partial charge in [0.05, 0.1) is 12.7 Å². The van der Waals surface area contributed by atoms with Crippen molar-refractivity contribution in [3.63, 3.8) is 0 Å². The van der Waals surface area contributed by atoms with E-state index >= 15 is 0 Å². The van der Waals surface area contributed by atoms with Crippen LogP contribution in [-0.4, -0.2) is 25.7 Å². The fourth-order valence-electron chi connectivity index (χ4n) is 3.04. The summed E-state index contributed by atoms with van der Waals surface area (Å²) in [5.74, 6) is -0.550. The number of benzene rings is 2. The molecule has 2 aromatic heterocycles. The van der Waals surface area contributed by atoms with Gasteiger partial charge in [0.2, 0.25) is 11.9 Å². The number of carbonyl (C=O) groups excluding carboxylic acids is 1. The standard InChI is InChI=1S/C24H22FN7O/c1-17-6-2-7-18(14-17)29-23-21(25)16-26-24(31-23)30-20-9-3-8-19(15-20)28-22(33)10-4-12-32-13-5-11-27-32/h2-11,13-16H,12H2,1H3,(H,28,33)(H2,26,29,30,31)/b10-4+. The van der Waals surface area contributed by atoms with Gasteiger partial charge < -0.3 is 16.0 Å². The monoisotopic (exact) mass is 443 g/mol. The third-order valence-corrected chi connectivity index (χ3v) is 4.53. The molecule has 9 heteroatoms. The quantitative estimate of drug-likeness (QED) is 0.339. The van der Waals surface area contributed by atoms with Gasteiger partial charge in [-0.05, 0) is 48.9 Å². The topological polar surface area (TPSA) is 96.8 Å². The van der Waals surface area contributed by atoms with E-state index in [4.69, 9.17) is 0 Å². The summed E-state index contributed by atoms with van der Waals surface area (Å²) in [4.78, 5) is 20.4. The van der Waals surface area contributed by atoms with Crippen molar-refractivity contribution in [2.24, 2.45) is 0 Å². The van der Waals surface area contributed by atoms with E-state index in [-0.39, 0.29) is 17.7 Å². The van der Waals surface area contributed by atoms with Gasteiger partial charge in [0.15, 0.2) is 11.6 Å². The van der Waals surface area contributed by atoms with Crippen LogP contribution in [0, 0.1) is 12.7 Å². The lowest BCUT2D eigenvalue weighted by atomic mass is 10.2. The van der Waals surface area contributed by atoms with Crippen LogP contribution < -0.4 is 16.0 Å². The van der Waals surface area contributed by atoms with Crippen LogP contribution in [-0.2, 0) is 11.3 Å². The summed E-state index contributed by atoms with van der Waals surface area (Å²) in [6.07, 6.45) is 7.77. The molecular weight excluding hydrogens is 421 g/mol. The second-order valence-electron chi connectivity index (χ2n) is 7.21. The maximum Gasteiger partial charge on any atom is 0.248 e. The SMILES string of the molecule is Cc1cccc(Nc2nc(Nc3cccc(NC(=O)/C=C/Cn4cccn4)c3)ncc2F)c1. The summed E-state index contributed by atoms with van der Waals surface area (Å²) < 4.78 is 15.9. The zero-order chi connectivity index (χ0) is 23.0. The van der Waals surface area contributed by atoms with Crippen LogP contribution in [0.1, 0.15) is 5.56 Å². The van der Waals surface area contributed by atoms with Crippen LogP contribution in [0.3, 0.4) is 0 Å². The molecule has 4 rings (SSSR count). The number of amides is 1. The molecular formula is C24H22FN7O. The molecule has 0 bridgehead atoms. The number of carbonyl (C=O) groups is 1. The normalized spacial score (nSPS) is 10.8. The maximum atomic E-state index is 14.2. The zero-order valence-electron chi connectivity index (χ0n) is 17.9. The minimum Gasteiger partial charge on any atom is -0.338 e. The average molecular weight is 443 g/mol. The van der Waals surface area contributed by atoms with E-state index in [1.165, 1.54) is 6.08 Å². The Morgan fingerprint density at radius 3 is 2.64 bits per heavy atom. The third kappa shape index (κ3) is 6.23. The molecule has 0 aliphatic carbocycles. The molecule has 0 atom stereocenters. The van der Waals surface area contributed by atoms with E-state index in [0.29, 0.717) is 17.9 Å². The molecule has 0 saturated heterocycles. The van der Waals surface area contributed by atoms with Crippen molar-refractivity contribution < 1.29 is 9.18 Å². The van der Waals surface area contributed by atoms with Crippen LogP contribution in [0.2, 0.25) is 0 Å². The predicted molar refractivity (Wildman–Crippen MR) is 126 cm³/mol. The highest BCUT2D eigenvalue weighted by molar-refractivity contribution is 5.99. The summed E-state index contributed by atoms with van der Waals surface area (Å²) in [7, 11) is 0. The van der Waals surface area contributed by atoms with Gasteiger partial charge in [0.25, 0.3) is 0 Å². The van der Waals surface area contributed by atoms with Gasteiger partial charge in [-0.25, -0.2) is 9.37 Å². The van der Waals surface area contributed by atoms with Crippen molar-refractivity contribution in [1.29, 1.82) is 0 Å². The number of nitrogens with zero attached hydrogens (tertiary/aromatic N) is 4. The molecule has 0 radical (unpaired) electrons. The Kier molecular flexibility index (Phi) is 6.70. The highest BCUT2D eigenvalue weighted by Gasteiger charge is 2.09. The zero-order valence-corrected chi connectivity index (χ0v) is 17.9. The van der Waals surface area contributed by atoms with Gasteiger partial charge in [-0.3, -0.25) is 9.48 Å². The lowest BCUT2D eigenvalue weighted by Gasteiger charge is -2.11. The van der Waals surface area contributed by atoms with Crippen molar-refractivity contribution >= 4 is 34.7 Å². The smallest absolute Gasteiger partial charge is 0.248 e. The Balaban J connectivity index is 1.40. The number of hydrogen-bond acceptors (Lipinski definition) is 6. The first kappa shape index (κ1) is 21.7. The van der Waals surface area contributed by atoms with Gasteiger partial charge >= 0.3 is 0 Å². The lowest BCUT2D eigenvalue weighted by Crippen LogP contribution is -2.09. The molecule has 0 fully saturated rings. The Labute approximate surface area is 190 Å². The van der Waals surface area contributed by atoms with Crippen LogP contribution in [0.5, 0.6) is 0 Å². The Morgan fingerprint density at radius 1 is 1.06 bits per heavy atom. The first-order valence-corrected chi connectivity index (χ1v) is 10.2. The van der Waals surface area contributed by atoms with Gasteiger partial charge in [-0.15, -0.1) is 0 Å². The fraction of sp³-hybridized carbons (Fsp3) is 0.0833. The van der Waals surface area contributed by atoms with Crippen molar-refractivity contribution in [3.05, 3.63) is 96.7 Å². The molecule has 0 unspecified atom stereocenters. The molecule has 8 nitrogen and oxygen atoms in total. The number of nitrogens with one attached hydrogen (secondary N) is 3. The molecule has 166 valence electrons. The first-order valence-electron chi connectivity index (χ1n) is 10.2. The number of aromatic nitrogens is 4. The van der Waals surface area contributed by atoms with Gasteiger partial charge in [-0.2, -0.15) is 10.1 Å². The van der Waals surface area contributed by atoms with Gasteiger partial charge in [0, 0.05) is 35.5 Å². The van der Waals surface area contributed by atoms with Crippen molar-refractivity contribution in [1.82, 2.24) is 19.7 Å². The highest BCUT2D eigenvalue weighted by atomic mass is 19.1. The van der Waals surface area contributed by atoms with Crippen LogP contribution in [0.15, 0.2) is 85.3 Å². The summed E-state index contributed by atoms with van der Waals surface area (Å²) >= 11 is 0. The number of anilines is 5. The highest BCUT2D eigenvalue weighted by Crippen LogP contribution is 2.22. The molecule has 2 heterocycles. The second kappa shape index (κ2) is 10.2. The van der Waals surface area contributed by atoms with Gasteiger partial charge in [-0.1, -0.05) is 24.3 Å². The Morgan fingerprint density at radius 2 is 1.85 bits per heavy atom. The van der Waals surface area contributed by atoms with Crippen molar-refractivity contribution in [2.75, 3.05) is 16.0 Å². The second-order valence-corrected chi connectivity index (χ2v) is 7.21. The van der Waals surface area contributed by atoms with E-state index in [1.807, 2.05) is 43.5 Å². The molecule has 4 aromatic rings. The van der Waals surface area contributed by atoms with Crippen LogP contribution >= 0.6 is 0 Å². The molecule has 33 heavy (non-hydrogen) atoms. The van der Waals surface area contributed by atoms with Gasteiger partial charge in [0.1, 0.15) is 0 Å². The minimum atomic E-state index is -0.565. The predicted octanol–water partition coefficient (Wildman–Crippen LogP) is 4.80. The number of rotatable bonds is 8. The van der Waals surface area contributed by atoms with E-state index in [1.54, 1.807) is 41.2 Å². The number of aryl methyl sites for hydroxylation is 1. The van der Waals surface area contributed by atoms with E-state index in [2.05, 4.69) is 31.0 Å². The molecule has 2 aromatic carbocycles. The summed E-state index contributed by atoms with van der Waals surface area (Å²) in [6.45, 7) is 2.46. The Bertz CT molecular complexity index is 1270. The van der Waals surface area contributed by atoms with E-state index in [0.717, 1.165) is 17.4 Å². The van der Waals surface area contributed by atoms with E-state index in [9.17, 15) is 9.18 Å². The largest absolute Gasteiger partial charge is 0.338 e. The fourth-order valence-corrected chi connectivity index (χ4v) is 3.04. The number of halogens is 1.